The van der Waals surface area contributed by atoms with E-state index in [1.807, 2.05) is 36.1 Å². The number of piperazine rings is 1. The summed E-state index contributed by atoms with van der Waals surface area (Å²) in [5, 5.41) is 12.5. The molecule has 1 saturated heterocycles. The molecule has 0 aliphatic carbocycles. The van der Waals surface area contributed by atoms with Crippen molar-refractivity contribution in [1.29, 1.82) is 0 Å². The van der Waals surface area contributed by atoms with Crippen LogP contribution in [-0.4, -0.2) is 47.3 Å². The van der Waals surface area contributed by atoms with Gasteiger partial charge in [-0.25, -0.2) is 4.79 Å². The fourth-order valence-corrected chi connectivity index (χ4v) is 3.97. The lowest BCUT2D eigenvalue weighted by atomic mass is 10.0. The van der Waals surface area contributed by atoms with Crippen LogP contribution in [0.3, 0.4) is 0 Å². The van der Waals surface area contributed by atoms with Crippen molar-refractivity contribution >= 4 is 29.1 Å². The molecule has 160 valence electrons. The smallest absolute Gasteiger partial charge is 0.321 e. The fraction of sp³-hybridized carbons (Fsp3) is 0.292. The number of halogens is 1. The summed E-state index contributed by atoms with van der Waals surface area (Å²) in [4.78, 5) is 16.6. The number of anilines is 2. The Morgan fingerprint density at radius 1 is 0.903 bits per heavy atom. The van der Waals surface area contributed by atoms with Gasteiger partial charge in [0.2, 0.25) is 0 Å². The average molecular weight is 436 g/mol. The van der Waals surface area contributed by atoms with Crippen molar-refractivity contribution in [3.63, 3.8) is 0 Å². The van der Waals surface area contributed by atoms with Crippen molar-refractivity contribution in [1.82, 2.24) is 15.1 Å². The molecule has 1 fully saturated rings. The zero-order valence-corrected chi connectivity index (χ0v) is 18.8. The minimum absolute atomic E-state index is 0.110. The number of rotatable bonds is 3. The third kappa shape index (κ3) is 4.80. The number of carbonyl (C=O) groups is 1. The molecule has 2 amide bonds. The minimum Gasteiger partial charge on any atom is -0.352 e. The molecule has 1 aromatic heterocycles. The van der Waals surface area contributed by atoms with Crippen molar-refractivity contribution in [2.45, 2.75) is 20.8 Å². The zero-order valence-electron chi connectivity index (χ0n) is 18.0. The van der Waals surface area contributed by atoms with Crippen LogP contribution in [0.1, 0.15) is 16.7 Å². The highest BCUT2D eigenvalue weighted by molar-refractivity contribution is 6.31. The lowest BCUT2D eigenvalue weighted by Gasteiger charge is -2.35. The molecular formula is C24H26ClN5O. The van der Waals surface area contributed by atoms with Gasteiger partial charge in [0.1, 0.15) is 0 Å². The highest BCUT2D eigenvalue weighted by Crippen LogP contribution is 2.24. The number of aromatic nitrogens is 2. The number of carbonyl (C=O) groups excluding carboxylic acids is 1. The van der Waals surface area contributed by atoms with Gasteiger partial charge in [-0.1, -0.05) is 41.4 Å². The Bertz CT molecular complexity index is 1090. The maximum atomic E-state index is 12.7. The molecule has 7 heteroatoms. The SMILES string of the molecule is Cc1ccc(-c2ccc(N3CCN(C(=O)Nc4cc(Cl)ccc4C)CC3)nn2)c(C)c1. The summed E-state index contributed by atoms with van der Waals surface area (Å²) in [6, 6.07) is 15.7. The first-order valence-electron chi connectivity index (χ1n) is 10.4. The van der Waals surface area contributed by atoms with Crippen LogP contribution in [0.15, 0.2) is 48.5 Å². The van der Waals surface area contributed by atoms with Gasteiger partial charge in [0, 0.05) is 42.5 Å². The van der Waals surface area contributed by atoms with E-state index in [-0.39, 0.29) is 6.03 Å². The molecule has 0 saturated carbocycles. The monoisotopic (exact) mass is 435 g/mol. The molecule has 2 aromatic carbocycles. The second-order valence-corrected chi connectivity index (χ2v) is 8.40. The van der Waals surface area contributed by atoms with Gasteiger partial charge in [-0.3, -0.25) is 0 Å². The van der Waals surface area contributed by atoms with E-state index in [0.29, 0.717) is 31.2 Å². The van der Waals surface area contributed by atoms with Gasteiger partial charge >= 0.3 is 6.03 Å². The van der Waals surface area contributed by atoms with Crippen molar-refractivity contribution < 1.29 is 4.79 Å². The van der Waals surface area contributed by atoms with Gasteiger partial charge in [0.05, 0.1) is 5.69 Å². The normalized spacial score (nSPS) is 13.9. The standard InChI is InChI=1S/C24H26ClN5O/c1-16-4-7-20(18(3)14-16)21-8-9-23(28-27-21)29-10-12-30(13-11-29)24(31)26-22-15-19(25)6-5-17(22)2/h4-9,14-15H,10-13H2,1-3H3,(H,26,31). The van der Waals surface area contributed by atoms with Gasteiger partial charge in [-0.05, 0) is 56.2 Å². The number of benzene rings is 2. The third-order valence-electron chi connectivity index (χ3n) is 5.64. The van der Waals surface area contributed by atoms with Crippen LogP contribution < -0.4 is 10.2 Å². The van der Waals surface area contributed by atoms with Gasteiger partial charge in [0.25, 0.3) is 0 Å². The van der Waals surface area contributed by atoms with E-state index in [9.17, 15) is 4.79 Å². The van der Waals surface area contributed by atoms with E-state index in [2.05, 4.69) is 52.5 Å². The van der Waals surface area contributed by atoms with E-state index < -0.39 is 0 Å². The summed E-state index contributed by atoms with van der Waals surface area (Å²) < 4.78 is 0. The highest BCUT2D eigenvalue weighted by Gasteiger charge is 2.22. The fourth-order valence-electron chi connectivity index (χ4n) is 3.80. The number of nitrogens with zero attached hydrogens (tertiary/aromatic N) is 4. The van der Waals surface area contributed by atoms with Crippen molar-refractivity contribution in [2.75, 3.05) is 36.4 Å². The Balaban J connectivity index is 1.37. The summed E-state index contributed by atoms with van der Waals surface area (Å²) in [5.74, 6) is 0.833. The minimum atomic E-state index is -0.110. The largest absolute Gasteiger partial charge is 0.352 e. The molecule has 1 N–H and O–H groups in total. The zero-order chi connectivity index (χ0) is 22.0. The number of nitrogens with one attached hydrogen (secondary N) is 1. The van der Waals surface area contributed by atoms with Crippen LogP contribution in [0.2, 0.25) is 5.02 Å². The maximum Gasteiger partial charge on any atom is 0.321 e. The Labute approximate surface area is 187 Å². The summed E-state index contributed by atoms with van der Waals surface area (Å²) in [7, 11) is 0. The number of hydrogen-bond acceptors (Lipinski definition) is 4. The third-order valence-corrected chi connectivity index (χ3v) is 5.88. The molecule has 1 aliphatic rings. The highest BCUT2D eigenvalue weighted by atomic mass is 35.5. The lowest BCUT2D eigenvalue weighted by molar-refractivity contribution is 0.208. The van der Waals surface area contributed by atoms with E-state index in [1.165, 1.54) is 11.1 Å². The predicted octanol–water partition coefficient (Wildman–Crippen LogP) is 5.08. The maximum absolute atomic E-state index is 12.7. The number of urea groups is 1. The van der Waals surface area contributed by atoms with Crippen molar-refractivity contribution in [2.24, 2.45) is 0 Å². The van der Waals surface area contributed by atoms with Crippen molar-refractivity contribution in [3.8, 4) is 11.3 Å². The molecule has 0 atom stereocenters. The summed E-state index contributed by atoms with van der Waals surface area (Å²) in [6.45, 7) is 8.77. The Hall–Kier alpha value is -3.12. The second-order valence-electron chi connectivity index (χ2n) is 7.96. The molecule has 4 rings (SSSR count). The molecule has 6 nitrogen and oxygen atoms in total. The van der Waals surface area contributed by atoms with Crippen LogP contribution in [0.25, 0.3) is 11.3 Å². The Morgan fingerprint density at radius 3 is 2.35 bits per heavy atom. The summed E-state index contributed by atoms with van der Waals surface area (Å²) in [5.41, 5.74) is 6.12. The van der Waals surface area contributed by atoms with E-state index >= 15 is 0 Å². The molecule has 1 aliphatic heterocycles. The first-order valence-corrected chi connectivity index (χ1v) is 10.8. The molecule has 2 heterocycles. The number of hydrogen-bond donors (Lipinski definition) is 1. The van der Waals surface area contributed by atoms with E-state index in [0.717, 1.165) is 28.3 Å². The Kier molecular flexibility index (Phi) is 6.09. The number of aryl methyl sites for hydroxylation is 3. The quantitative estimate of drug-likeness (QED) is 0.623. The van der Waals surface area contributed by atoms with Crippen LogP contribution >= 0.6 is 11.6 Å². The Morgan fingerprint density at radius 2 is 1.68 bits per heavy atom. The summed E-state index contributed by atoms with van der Waals surface area (Å²) >= 11 is 6.05. The number of amides is 2. The topological polar surface area (TPSA) is 61.4 Å². The van der Waals surface area contributed by atoms with Crippen molar-refractivity contribution in [3.05, 3.63) is 70.2 Å². The molecule has 31 heavy (non-hydrogen) atoms. The molecule has 0 bridgehead atoms. The van der Waals surface area contributed by atoms with E-state index in [1.54, 1.807) is 6.07 Å². The summed E-state index contributed by atoms with van der Waals surface area (Å²) in [6.07, 6.45) is 0. The van der Waals surface area contributed by atoms with Gasteiger partial charge in [-0.2, -0.15) is 0 Å². The van der Waals surface area contributed by atoms with E-state index in [4.69, 9.17) is 11.6 Å². The molecule has 0 spiro atoms. The van der Waals surface area contributed by atoms with Crippen LogP contribution in [0.5, 0.6) is 0 Å². The molecular weight excluding hydrogens is 410 g/mol. The molecule has 0 radical (unpaired) electrons. The lowest BCUT2D eigenvalue weighted by Crippen LogP contribution is -2.50. The van der Waals surface area contributed by atoms with Gasteiger partial charge in [0.15, 0.2) is 5.82 Å². The molecule has 3 aromatic rings. The van der Waals surface area contributed by atoms with Crippen LogP contribution in [0.4, 0.5) is 16.3 Å². The molecule has 0 unspecified atom stereocenters. The van der Waals surface area contributed by atoms with Crippen LogP contribution in [-0.2, 0) is 0 Å². The van der Waals surface area contributed by atoms with Gasteiger partial charge in [-0.15, -0.1) is 10.2 Å². The first kappa shape index (κ1) is 21.1. The average Bonchev–Trinajstić information content (AvgIpc) is 2.77. The predicted molar refractivity (Wildman–Crippen MR) is 126 cm³/mol. The van der Waals surface area contributed by atoms with Gasteiger partial charge < -0.3 is 15.1 Å². The van der Waals surface area contributed by atoms with Crippen LogP contribution in [0, 0.1) is 20.8 Å². The first-order chi connectivity index (χ1) is 14.9. The second kappa shape index (κ2) is 8.94.